The number of aromatic amines is 1. The Labute approximate surface area is 383 Å². The van der Waals surface area contributed by atoms with Crippen molar-refractivity contribution >= 4 is 39.8 Å². The van der Waals surface area contributed by atoms with Gasteiger partial charge in [0, 0.05) is 120 Å². The summed E-state index contributed by atoms with van der Waals surface area (Å²) in [5, 5.41) is 7.09. The molecule has 6 aromatic heterocycles. The topological polar surface area (TPSA) is 224 Å². The van der Waals surface area contributed by atoms with E-state index in [9.17, 15) is 0 Å². The maximum absolute atomic E-state index is 6.00. The van der Waals surface area contributed by atoms with Crippen LogP contribution < -0.4 is 37.6 Å². The summed E-state index contributed by atoms with van der Waals surface area (Å²) in [6.45, 7) is 14.3. The number of ether oxygens (including phenoxy) is 1. The second kappa shape index (κ2) is 23.2. The van der Waals surface area contributed by atoms with Gasteiger partial charge in [-0.3, -0.25) is 25.0 Å². The Morgan fingerprint density at radius 2 is 1.15 bits per heavy atom. The molecule has 0 aliphatic carbocycles. The summed E-state index contributed by atoms with van der Waals surface area (Å²) in [7, 11) is 5.89. The molecule has 9 N–H and O–H groups in total. The molecule has 17 nitrogen and oxygen atoms in total. The van der Waals surface area contributed by atoms with Gasteiger partial charge in [0.05, 0.1) is 88.4 Å². The van der Waals surface area contributed by atoms with E-state index in [0.29, 0.717) is 23.6 Å². The zero-order valence-electron chi connectivity index (χ0n) is 38.7. The summed E-state index contributed by atoms with van der Waals surface area (Å²) in [4.78, 5) is 29.3. The van der Waals surface area contributed by atoms with Gasteiger partial charge in [0.2, 0.25) is 0 Å². The van der Waals surface area contributed by atoms with Gasteiger partial charge in [-0.2, -0.15) is 5.10 Å². The van der Waals surface area contributed by atoms with Crippen LogP contribution in [-0.2, 0) is 4.74 Å². The van der Waals surface area contributed by atoms with Gasteiger partial charge in [0.1, 0.15) is 0 Å². The number of pyridine rings is 4. The molecule has 65 heavy (non-hydrogen) atoms. The molecule has 0 radical (unpaired) electrons. The molecular formula is C48H68N16O. The van der Waals surface area contributed by atoms with Crippen LogP contribution in [0.3, 0.4) is 0 Å². The summed E-state index contributed by atoms with van der Waals surface area (Å²) >= 11 is 0. The van der Waals surface area contributed by atoms with E-state index in [1.807, 2.05) is 48.9 Å². The zero-order chi connectivity index (χ0) is 46.3. The van der Waals surface area contributed by atoms with Gasteiger partial charge in [0.25, 0.3) is 0 Å². The summed E-state index contributed by atoms with van der Waals surface area (Å²) in [5.74, 6) is 1.10. The lowest BCUT2D eigenvalue weighted by Crippen LogP contribution is -2.38. The number of nitrogens with one attached hydrogen (secondary N) is 1. The predicted molar refractivity (Wildman–Crippen MR) is 264 cm³/mol. The molecular weight excluding hydrogens is 817 g/mol. The van der Waals surface area contributed by atoms with Crippen LogP contribution in [-0.4, -0.2) is 111 Å². The minimum atomic E-state index is 0.407. The highest BCUT2D eigenvalue weighted by atomic mass is 16.5. The molecule has 0 bridgehead atoms. The fourth-order valence-corrected chi connectivity index (χ4v) is 8.51. The average molecular weight is 885 g/mol. The van der Waals surface area contributed by atoms with Crippen molar-refractivity contribution < 1.29 is 4.74 Å². The first-order chi connectivity index (χ1) is 31.4. The summed E-state index contributed by atoms with van der Waals surface area (Å²) in [6.07, 6.45) is 24.7. The van der Waals surface area contributed by atoms with E-state index in [2.05, 4.69) is 81.5 Å². The van der Waals surface area contributed by atoms with Crippen molar-refractivity contribution in [3.05, 3.63) is 122 Å². The second-order valence-electron chi connectivity index (χ2n) is 16.9. The van der Waals surface area contributed by atoms with Gasteiger partial charge in [-0.05, 0) is 82.7 Å². The Morgan fingerprint density at radius 3 is 1.58 bits per heavy atom. The molecule has 3 aliphatic rings. The van der Waals surface area contributed by atoms with Crippen molar-refractivity contribution in [3.63, 3.8) is 0 Å². The molecule has 0 amide bonds. The third-order valence-electron chi connectivity index (χ3n) is 12.5. The Bertz CT molecular complexity index is 2370. The lowest BCUT2D eigenvalue weighted by molar-refractivity contribution is 0.0819. The van der Waals surface area contributed by atoms with E-state index in [1.165, 1.54) is 24.2 Å². The van der Waals surface area contributed by atoms with Gasteiger partial charge < -0.3 is 51.8 Å². The van der Waals surface area contributed by atoms with Gasteiger partial charge in [0.15, 0.2) is 0 Å². The van der Waals surface area contributed by atoms with Crippen molar-refractivity contribution in [2.24, 2.45) is 5.92 Å². The van der Waals surface area contributed by atoms with E-state index in [4.69, 9.17) is 27.7 Å². The van der Waals surface area contributed by atoms with E-state index in [1.54, 1.807) is 63.0 Å². The molecule has 9 heterocycles. The minimum absolute atomic E-state index is 0.407. The van der Waals surface area contributed by atoms with E-state index in [0.717, 1.165) is 116 Å². The molecule has 0 saturated carbocycles. The van der Waals surface area contributed by atoms with Crippen LogP contribution >= 0.6 is 0 Å². The highest BCUT2D eigenvalue weighted by Crippen LogP contribution is 2.32. The highest BCUT2D eigenvalue weighted by molar-refractivity contribution is 5.67. The van der Waals surface area contributed by atoms with Crippen LogP contribution in [0.2, 0.25) is 0 Å². The van der Waals surface area contributed by atoms with Crippen molar-refractivity contribution in [2.75, 3.05) is 98.1 Å². The first kappa shape index (κ1) is 47.6. The number of methoxy groups -OCH3 is 1. The number of aryl methyl sites for hydroxylation is 1. The maximum Gasteiger partial charge on any atom is 0.0998 e. The van der Waals surface area contributed by atoms with Crippen molar-refractivity contribution in [2.45, 2.75) is 64.4 Å². The number of nitrogen functional groups attached to an aromatic ring is 4. The summed E-state index contributed by atoms with van der Waals surface area (Å²) in [6, 6.07) is 9.91. The number of aromatic nitrogens is 8. The maximum atomic E-state index is 6.00. The minimum Gasteiger partial charge on any atom is -0.396 e. The lowest BCUT2D eigenvalue weighted by Gasteiger charge is -2.37. The van der Waals surface area contributed by atoms with Crippen LogP contribution in [0, 0.1) is 19.8 Å². The van der Waals surface area contributed by atoms with Crippen LogP contribution in [0.25, 0.3) is 5.69 Å². The van der Waals surface area contributed by atoms with Gasteiger partial charge in [-0.15, -0.1) is 0 Å². The lowest BCUT2D eigenvalue weighted by atomic mass is 9.93. The van der Waals surface area contributed by atoms with Crippen LogP contribution in [0.5, 0.6) is 0 Å². The standard InChI is InChI=1S/C14H22N4.C13H17N5.C11H17N3O.C10H12N4/c1-11(17(2)3)12-5-4-8-18(10-12)14-6-7-16-9-13(14)15;14-11-9-15-5-2-13(11)18-7-3-10(4-8-18)12-1-6-16-17-12;1-15-9-3-6-14(7-4-9)11-2-5-13-8-10(11)12;1-7-8(2)14(6-13-7)10-3-4-12-5-9(10)11/h6-7,9,12H,1,4-5,8,10,15H2,2-3H3;1-2,5-6,9-10H,3-4,7-8,14H2,(H,16,17);2,5,8-9H,3-4,6-7,12H2,1H3;3-6H,11H2,1-2H3. The van der Waals surface area contributed by atoms with Crippen LogP contribution in [0.4, 0.5) is 39.8 Å². The smallest absolute Gasteiger partial charge is 0.0998 e. The monoisotopic (exact) mass is 885 g/mol. The molecule has 346 valence electrons. The number of piperidine rings is 3. The predicted octanol–water partition coefficient (Wildman–Crippen LogP) is 6.47. The normalized spacial score (nSPS) is 16.6. The van der Waals surface area contributed by atoms with Crippen molar-refractivity contribution in [1.82, 2.24) is 44.6 Å². The largest absolute Gasteiger partial charge is 0.396 e. The first-order valence-electron chi connectivity index (χ1n) is 22.4. The Kier molecular flexibility index (Phi) is 17.0. The zero-order valence-corrected chi connectivity index (χ0v) is 38.7. The number of imidazole rings is 1. The number of nitrogens with two attached hydrogens (primary N) is 4. The quantitative estimate of drug-likeness (QED) is 0.110. The fourth-order valence-electron chi connectivity index (χ4n) is 8.51. The Morgan fingerprint density at radius 1 is 0.662 bits per heavy atom. The van der Waals surface area contributed by atoms with Gasteiger partial charge in [-0.1, -0.05) is 6.58 Å². The number of hydrogen-bond donors (Lipinski definition) is 5. The molecule has 0 spiro atoms. The first-order valence-corrected chi connectivity index (χ1v) is 22.4. The second-order valence-corrected chi connectivity index (χ2v) is 16.9. The van der Waals surface area contributed by atoms with Crippen molar-refractivity contribution in [1.29, 1.82) is 0 Å². The molecule has 6 aromatic rings. The molecule has 3 fully saturated rings. The van der Waals surface area contributed by atoms with E-state index >= 15 is 0 Å². The number of rotatable bonds is 8. The molecule has 3 saturated heterocycles. The molecule has 1 atom stereocenters. The molecule has 0 aromatic carbocycles. The number of H-pyrrole nitrogens is 1. The van der Waals surface area contributed by atoms with Gasteiger partial charge >= 0.3 is 0 Å². The number of hydrogen-bond acceptors (Lipinski definition) is 15. The summed E-state index contributed by atoms with van der Waals surface area (Å²) < 4.78 is 7.30. The van der Waals surface area contributed by atoms with E-state index in [-0.39, 0.29) is 0 Å². The number of anilines is 7. The fraction of sp³-hybridized carbons (Fsp3) is 0.417. The SMILES string of the molecule is C=C(C1CCCN(c2ccncc2N)C1)N(C)C.COC1CCN(c2ccncc2N)CC1.Cc1ncn(-c2ccncc2N)c1C.Nc1cnccc1N1CCC(c2ccn[nH]2)CC1. The van der Waals surface area contributed by atoms with Gasteiger partial charge in [-0.25, -0.2) is 4.98 Å². The average Bonchev–Trinajstić information content (AvgIpc) is 4.00. The molecule has 17 heteroatoms. The third-order valence-corrected chi connectivity index (χ3v) is 12.5. The Balaban J connectivity index is 0.000000144. The summed E-state index contributed by atoms with van der Waals surface area (Å²) in [5.41, 5.74) is 35.4. The van der Waals surface area contributed by atoms with Crippen LogP contribution in [0.15, 0.2) is 105 Å². The van der Waals surface area contributed by atoms with Crippen molar-refractivity contribution in [3.8, 4) is 5.69 Å². The third kappa shape index (κ3) is 12.7. The molecule has 1 unspecified atom stereocenters. The van der Waals surface area contributed by atoms with E-state index < -0.39 is 0 Å². The molecule has 3 aliphatic heterocycles. The van der Waals surface area contributed by atoms with Crippen LogP contribution in [0.1, 0.15) is 61.5 Å². The molecule has 9 rings (SSSR count). The Hall–Kier alpha value is -6.88. The number of nitrogens with zero attached hydrogens (tertiary/aromatic N) is 11. The highest BCUT2D eigenvalue weighted by Gasteiger charge is 2.25.